The standard InChI is InChI=1S/C25H29N3O4S2/c1-3-13-28(15-22(29)27-21-11-7-4-8-18(21)2)23(30)16-32-24(31)20-10-6-5-9-19(20)17-34-25-26-12-14-33-25/h4-11H,3,12-17H2,1-2H3,(H,27,29). The largest absolute Gasteiger partial charge is 0.452 e. The Kier molecular flexibility index (Phi) is 10.0. The molecule has 1 aliphatic heterocycles. The van der Waals surface area contributed by atoms with Crippen LogP contribution in [0.4, 0.5) is 5.69 Å². The molecule has 9 heteroatoms. The molecule has 0 aromatic heterocycles. The van der Waals surface area contributed by atoms with E-state index in [0.717, 1.165) is 27.8 Å². The van der Waals surface area contributed by atoms with Gasteiger partial charge in [0.1, 0.15) is 4.38 Å². The highest BCUT2D eigenvalue weighted by Gasteiger charge is 2.20. The van der Waals surface area contributed by atoms with Gasteiger partial charge in [-0.25, -0.2) is 4.79 Å². The highest BCUT2D eigenvalue weighted by Crippen LogP contribution is 2.26. The van der Waals surface area contributed by atoms with Gasteiger partial charge in [-0.3, -0.25) is 14.6 Å². The number of nitrogens with zero attached hydrogens (tertiary/aromatic N) is 2. The Labute approximate surface area is 208 Å². The van der Waals surface area contributed by atoms with Gasteiger partial charge in [0.2, 0.25) is 5.91 Å². The van der Waals surface area contributed by atoms with E-state index in [2.05, 4.69) is 10.3 Å². The molecule has 2 amide bonds. The number of amides is 2. The third-order valence-corrected chi connectivity index (χ3v) is 7.37. The molecule has 0 bridgehead atoms. The highest BCUT2D eigenvalue weighted by atomic mass is 32.2. The smallest absolute Gasteiger partial charge is 0.338 e. The van der Waals surface area contributed by atoms with Gasteiger partial charge in [0.25, 0.3) is 5.91 Å². The number of hydrogen-bond donors (Lipinski definition) is 1. The second-order valence-electron chi connectivity index (χ2n) is 7.70. The lowest BCUT2D eigenvalue weighted by atomic mass is 10.1. The molecular weight excluding hydrogens is 470 g/mol. The summed E-state index contributed by atoms with van der Waals surface area (Å²) < 4.78 is 6.37. The van der Waals surface area contributed by atoms with Crippen LogP contribution in [0.15, 0.2) is 53.5 Å². The molecular formula is C25H29N3O4S2. The Hall–Kier alpha value is -2.78. The second kappa shape index (κ2) is 13.2. The first-order valence-electron chi connectivity index (χ1n) is 11.2. The predicted molar refractivity (Wildman–Crippen MR) is 139 cm³/mol. The topological polar surface area (TPSA) is 88.1 Å². The van der Waals surface area contributed by atoms with Gasteiger partial charge in [-0.2, -0.15) is 0 Å². The van der Waals surface area contributed by atoms with E-state index in [9.17, 15) is 14.4 Å². The van der Waals surface area contributed by atoms with Gasteiger partial charge >= 0.3 is 5.97 Å². The Morgan fingerprint density at radius 2 is 1.91 bits per heavy atom. The summed E-state index contributed by atoms with van der Waals surface area (Å²) in [5.41, 5.74) is 2.92. The molecule has 7 nitrogen and oxygen atoms in total. The van der Waals surface area contributed by atoms with Crippen LogP contribution in [0.5, 0.6) is 0 Å². The lowest BCUT2D eigenvalue weighted by molar-refractivity contribution is -0.137. The van der Waals surface area contributed by atoms with E-state index in [1.54, 1.807) is 35.7 Å². The first-order chi connectivity index (χ1) is 16.5. The van der Waals surface area contributed by atoms with Crippen molar-refractivity contribution in [3.63, 3.8) is 0 Å². The molecule has 1 heterocycles. The average Bonchev–Trinajstić information content (AvgIpc) is 3.36. The number of aliphatic imine (C=N–C) groups is 1. The van der Waals surface area contributed by atoms with Crippen LogP contribution in [-0.4, -0.2) is 59.1 Å². The maximum absolute atomic E-state index is 12.8. The summed E-state index contributed by atoms with van der Waals surface area (Å²) in [5.74, 6) is 0.347. The van der Waals surface area contributed by atoms with Gasteiger partial charge in [0.05, 0.1) is 18.7 Å². The van der Waals surface area contributed by atoms with Crippen LogP contribution >= 0.6 is 23.5 Å². The number of carbonyl (C=O) groups excluding carboxylic acids is 3. The number of para-hydroxylation sites is 1. The van der Waals surface area contributed by atoms with Gasteiger partial charge in [-0.1, -0.05) is 66.8 Å². The van der Waals surface area contributed by atoms with Crippen molar-refractivity contribution in [2.45, 2.75) is 26.0 Å². The van der Waals surface area contributed by atoms with Crippen molar-refractivity contribution in [3.05, 3.63) is 65.2 Å². The third-order valence-electron chi connectivity index (χ3n) is 5.07. The molecule has 2 aromatic rings. The van der Waals surface area contributed by atoms with E-state index < -0.39 is 18.5 Å². The number of thioether (sulfide) groups is 2. The maximum Gasteiger partial charge on any atom is 0.338 e. The van der Waals surface area contributed by atoms with Crippen molar-refractivity contribution in [2.75, 3.05) is 37.3 Å². The van der Waals surface area contributed by atoms with Crippen LogP contribution in [0.25, 0.3) is 0 Å². The lowest BCUT2D eigenvalue weighted by Crippen LogP contribution is -2.40. The minimum Gasteiger partial charge on any atom is -0.452 e. The minimum atomic E-state index is -0.550. The molecule has 180 valence electrons. The first-order valence-corrected chi connectivity index (χ1v) is 13.1. The van der Waals surface area contributed by atoms with Gasteiger partial charge < -0.3 is 15.0 Å². The van der Waals surface area contributed by atoms with Crippen molar-refractivity contribution in [3.8, 4) is 0 Å². The third kappa shape index (κ3) is 7.63. The van der Waals surface area contributed by atoms with Gasteiger partial charge in [-0.15, -0.1) is 0 Å². The number of carbonyl (C=O) groups is 3. The summed E-state index contributed by atoms with van der Waals surface area (Å²) in [6.07, 6.45) is 0.680. The molecule has 1 N–H and O–H groups in total. The van der Waals surface area contributed by atoms with Crippen LogP contribution in [0, 0.1) is 6.92 Å². The molecule has 1 aliphatic rings. The number of rotatable bonds is 10. The van der Waals surface area contributed by atoms with E-state index in [4.69, 9.17) is 4.74 Å². The zero-order chi connectivity index (χ0) is 24.3. The van der Waals surface area contributed by atoms with Gasteiger partial charge in [0.15, 0.2) is 6.61 Å². The highest BCUT2D eigenvalue weighted by molar-refractivity contribution is 8.38. The molecule has 0 aliphatic carbocycles. The van der Waals surface area contributed by atoms with Crippen LogP contribution in [-0.2, 0) is 20.1 Å². The molecule has 0 radical (unpaired) electrons. The Morgan fingerprint density at radius 3 is 2.65 bits per heavy atom. The SMILES string of the molecule is CCCN(CC(=O)Nc1ccccc1C)C(=O)COC(=O)c1ccccc1CSC1=NCCS1. The molecule has 0 unspecified atom stereocenters. The summed E-state index contributed by atoms with van der Waals surface area (Å²) in [4.78, 5) is 43.8. The summed E-state index contributed by atoms with van der Waals surface area (Å²) in [6.45, 7) is 4.53. The minimum absolute atomic E-state index is 0.106. The number of ether oxygens (including phenoxy) is 1. The number of benzene rings is 2. The maximum atomic E-state index is 12.8. The van der Waals surface area contributed by atoms with Crippen molar-refractivity contribution in [1.29, 1.82) is 0 Å². The van der Waals surface area contributed by atoms with Gasteiger partial charge in [-0.05, 0) is 36.6 Å². The van der Waals surface area contributed by atoms with E-state index in [0.29, 0.717) is 30.0 Å². The van der Waals surface area contributed by atoms with Crippen molar-refractivity contribution in [1.82, 2.24) is 4.90 Å². The molecule has 0 atom stereocenters. The van der Waals surface area contributed by atoms with Crippen LogP contribution in [0.1, 0.15) is 34.8 Å². The number of esters is 1. The van der Waals surface area contributed by atoms with E-state index in [1.807, 2.05) is 50.2 Å². The van der Waals surface area contributed by atoms with Crippen LogP contribution in [0.3, 0.4) is 0 Å². The molecule has 0 saturated carbocycles. The second-order valence-corrected chi connectivity index (χ2v) is 10.0. The molecule has 0 saturated heterocycles. The molecule has 0 fully saturated rings. The summed E-state index contributed by atoms with van der Waals surface area (Å²) in [7, 11) is 0. The first kappa shape index (κ1) is 25.8. The molecule has 3 rings (SSSR count). The normalized spacial score (nSPS) is 12.7. The summed E-state index contributed by atoms with van der Waals surface area (Å²) in [5, 5.41) is 2.83. The van der Waals surface area contributed by atoms with Crippen molar-refractivity contribution >= 4 is 51.4 Å². The molecule has 0 spiro atoms. The van der Waals surface area contributed by atoms with Crippen LogP contribution < -0.4 is 5.32 Å². The number of aryl methyl sites for hydroxylation is 1. The van der Waals surface area contributed by atoms with E-state index in [-0.39, 0.29) is 12.5 Å². The average molecular weight is 500 g/mol. The molecule has 34 heavy (non-hydrogen) atoms. The number of hydrogen-bond acceptors (Lipinski definition) is 7. The fourth-order valence-electron chi connectivity index (χ4n) is 3.32. The van der Waals surface area contributed by atoms with Crippen molar-refractivity contribution in [2.24, 2.45) is 4.99 Å². The number of nitrogens with one attached hydrogen (secondary N) is 1. The predicted octanol–water partition coefficient (Wildman–Crippen LogP) is 4.37. The Bertz CT molecular complexity index is 1060. The van der Waals surface area contributed by atoms with E-state index >= 15 is 0 Å². The lowest BCUT2D eigenvalue weighted by Gasteiger charge is -2.22. The van der Waals surface area contributed by atoms with E-state index in [1.165, 1.54) is 4.90 Å². The molecule has 2 aromatic carbocycles. The van der Waals surface area contributed by atoms with Crippen molar-refractivity contribution < 1.29 is 19.1 Å². The quantitative estimate of drug-likeness (QED) is 0.489. The Morgan fingerprint density at radius 1 is 1.15 bits per heavy atom. The Balaban J connectivity index is 1.55. The van der Waals surface area contributed by atoms with Gasteiger partial charge in [0, 0.05) is 23.7 Å². The number of anilines is 1. The zero-order valence-corrected chi connectivity index (χ0v) is 21.0. The summed E-state index contributed by atoms with van der Waals surface area (Å²) in [6, 6.07) is 14.7. The van der Waals surface area contributed by atoms with Crippen LogP contribution in [0.2, 0.25) is 0 Å². The zero-order valence-electron chi connectivity index (χ0n) is 19.4. The monoisotopic (exact) mass is 499 g/mol. The summed E-state index contributed by atoms with van der Waals surface area (Å²) >= 11 is 3.32. The fraction of sp³-hybridized carbons (Fsp3) is 0.360. The fourth-order valence-corrected chi connectivity index (χ4v) is 5.34.